The van der Waals surface area contributed by atoms with Gasteiger partial charge in [0.15, 0.2) is 0 Å². The van der Waals surface area contributed by atoms with Crippen molar-refractivity contribution in [2.24, 2.45) is 0 Å². The van der Waals surface area contributed by atoms with Crippen LogP contribution in [0.25, 0.3) is 0 Å². The van der Waals surface area contributed by atoms with E-state index in [0.29, 0.717) is 18.5 Å². The molecule has 0 bridgehead atoms. The summed E-state index contributed by atoms with van der Waals surface area (Å²) in [5, 5.41) is 3.13. The van der Waals surface area contributed by atoms with Crippen molar-refractivity contribution in [2.75, 3.05) is 5.73 Å². The Balaban J connectivity index is 0.00000208. The molecular weight excluding hydrogens is 324 g/mol. The fourth-order valence-corrected chi connectivity index (χ4v) is 3.03. The number of carbonyl (C=O) groups is 1. The highest BCUT2D eigenvalue weighted by atomic mass is 35.5. The molecule has 1 unspecified atom stereocenters. The number of hydrogen-bond donors (Lipinski definition) is 2. The molecule has 1 amide bonds. The first kappa shape index (κ1) is 18.1. The number of anilines is 1. The number of nitrogen functional groups attached to an aromatic ring is 1. The molecule has 2 aromatic carbocycles. The highest BCUT2D eigenvalue weighted by Gasteiger charge is 2.34. The van der Waals surface area contributed by atoms with Crippen molar-refractivity contribution in [3.63, 3.8) is 0 Å². The topological polar surface area (TPSA) is 64.4 Å². The van der Waals surface area contributed by atoms with E-state index in [1.807, 2.05) is 62.4 Å². The molecule has 1 atom stereocenters. The van der Waals surface area contributed by atoms with E-state index in [-0.39, 0.29) is 30.0 Å². The first-order chi connectivity index (χ1) is 10.9. The van der Waals surface area contributed by atoms with Gasteiger partial charge in [-0.3, -0.25) is 4.79 Å². The predicted octanol–water partition coefficient (Wildman–Crippen LogP) is 3.65. The predicted molar refractivity (Wildman–Crippen MR) is 98.5 cm³/mol. The van der Waals surface area contributed by atoms with Crippen LogP contribution in [0.4, 0.5) is 5.69 Å². The van der Waals surface area contributed by atoms with Crippen LogP contribution < -0.4 is 15.8 Å². The molecule has 3 N–H and O–H groups in total. The molecule has 0 radical (unpaired) electrons. The molecular formula is C19H23ClN2O2. The van der Waals surface area contributed by atoms with Gasteiger partial charge in [-0.25, -0.2) is 0 Å². The van der Waals surface area contributed by atoms with Crippen LogP contribution in [-0.4, -0.2) is 11.5 Å². The van der Waals surface area contributed by atoms with Crippen molar-refractivity contribution in [3.8, 4) is 5.75 Å². The average molecular weight is 347 g/mol. The third-order valence-electron chi connectivity index (χ3n) is 4.03. The Bertz CT molecular complexity index is 717. The van der Waals surface area contributed by atoms with Crippen molar-refractivity contribution in [2.45, 2.75) is 38.3 Å². The van der Waals surface area contributed by atoms with Gasteiger partial charge in [0.05, 0.1) is 12.5 Å². The number of benzene rings is 2. The zero-order valence-corrected chi connectivity index (χ0v) is 14.7. The van der Waals surface area contributed by atoms with Gasteiger partial charge in [-0.1, -0.05) is 30.3 Å². The lowest BCUT2D eigenvalue weighted by molar-refractivity contribution is -0.121. The number of ether oxygens (including phenoxy) is 1. The summed E-state index contributed by atoms with van der Waals surface area (Å²) < 4.78 is 6.00. The van der Waals surface area contributed by atoms with Gasteiger partial charge in [-0.15, -0.1) is 12.4 Å². The first-order valence-electron chi connectivity index (χ1n) is 7.85. The van der Waals surface area contributed by atoms with Crippen LogP contribution in [0.1, 0.15) is 37.4 Å². The molecule has 0 saturated carbocycles. The molecule has 2 aromatic rings. The molecule has 4 nitrogen and oxygen atoms in total. The smallest absolute Gasteiger partial charge is 0.224 e. The number of nitrogens with one attached hydrogen (secondary N) is 1. The highest BCUT2D eigenvalue weighted by molar-refractivity contribution is 5.85. The van der Waals surface area contributed by atoms with E-state index in [1.54, 1.807) is 0 Å². The van der Waals surface area contributed by atoms with Crippen molar-refractivity contribution in [3.05, 3.63) is 59.7 Å². The van der Waals surface area contributed by atoms with Gasteiger partial charge in [-0.05, 0) is 37.6 Å². The van der Waals surface area contributed by atoms with E-state index in [9.17, 15) is 4.79 Å². The molecule has 24 heavy (non-hydrogen) atoms. The minimum absolute atomic E-state index is 0. The molecule has 5 heteroatoms. The molecule has 128 valence electrons. The van der Waals surface area contributed by atoms with E-state index < -0.39 is 0 Å². The molecule has 1 aliphatic heterocycles. The lowest BCUT2D eigenvalue weighted by Crippen LogP contribution is -2.41. The van der Waals surface area contributed by atoms with Crippen molar-refractivity contribution < 1.29 is 9.53 Å². The van der Waals surface area contributed by atoms with Crippen LogP contribution >= 0.6 is 12.4 Å². The maximum atomic E-state index is 12.4. The molecule has 1 aliphatic rings. The fraction of sp³-hybridized carbons (Fsp3) is 0.316. The monoisotopic (exact) mass is 346 g/mol. The first-order valence-corrected chi connectivity index (χ1v) is 7.85. The number of hydrogen-bond acceptors (Lipinski definition) is 3. The second-order valence-electron chi connectivity index (χ2n) is 6.65. The van der Waals surface area contributed by atoms with Gasteiger partial charge in [0, 0.05) is 17.7 Å². The summed E-state index contributed by atoms with van der Waals surface area (Å²) >= 11 is 0. The quantitative estimate of drug-likeness (QED) is 0.834. The molecule has 0 saturated heterocycles. The number of fused-ring (bicyclic) bond motifs is 1. The minimum Gasteiger partial charge on any atom is -0.487 e. The number of rotatable bonds is 3. The van der Waals surface area contributed by atoms with E-state index in [4.69, 9.17) is 10.5 Å². The Labute approximate surface area is 148 Å². The van der Waals surface area contributed by atoms with E-state index >= 15 is 0 Å². The second-order valence-corrected chi connectivity index (χ2v) is 6.65. The van der Waals surface area contributed by atoms with Gasteiger partial charge in [0.2, 0.25) is 5.91 Å². The Hall–Kier alpha value is -2.20. The van der Waals surface area contributed by atoms with Crippen LogP contribution in [-0.2, 0) is 11.2 Å². The molecule has 1 heterocycles. The van der Waals surface area contributed by atoms with Gasteiger partial charge < -0.3 is 15.8 Å². The van der Waals surface area contributed by atoms with Gasteiger partial charge in [-0.2, -0.15) is 0 Å². The van der Waals surface area contributed by atoms with E-state index in [1.165, 1.54) is 0 Å². The molecule has 0 fully saturated rings. The maximum Gasteiger partial charge on any atom is 0.224 e. The Morgan fingerprint density at radius 1 is 1.25 bits per heavy atom. The van der Waals surface area contributed by atoms with E-state index in [2.05, 4.69) is 5.32 Å². The largest absolute Gasteiger partial charge is 0.487 e. The summed E-state index contributed by atoms with van der Waals surface area (Å²) in [7, 11) is 0. The standard InChI is InChI=1S/C19H22N2O2.ClH/c1-19(2)12-16(15-11-14(20)8-9-17(15)23-19)21-18(22)10-13-6-4-3-5-7-13;/h3-9,11,16H,10,12,20H2,1-2H3,(H,21,22);1H. The van der Waals surface area contributed by atoms with Crippen molar-refractivity contribution >= 4 is 24.0 Å². The summed E-state index contributed by atoms with van der Waals surface area (Å²) in [5.41, 5.74) is 8.20. The van der Waals surface area contributed by atoms with E-state index in [0.717, 1.165) is 16.9 Å². The minimum atomic E-state index is -0.326. The summed E-state index contributed by atoms with van der Waals surface area (Å²) in [6.07, 6.45) is 1.08. The van der Waals surface area contributed by atoms with Gasteiger partial charge in [0.1, 0.15) is 11.4 Å². The Morgan fingerprint density at radius 3 is 2.67 bits per heavy atom. The summed E-state index contributed by atoms with van der Waals surface area (Å²) in [4.78, 5) is 12.4. The SMILES string of the molecule is CC1(C)CC(NC(=O)Cc2ccccc2)c2cc(N)ccc2O1.Cl. The summed E-state index contributed by atoms with van der Waals surface area (Å²) in [6, 6.07) is 15.2. The molecule has 0 aromatic heterocycles. The lowest BCUT2D eigenvalue weighted by atomic mass is 9.89. The number of carbonyl (C=O) groups excluding carboxylic acids is 1. The van der Waals surface area contributed by atoms with Gasteiger partial charge in [0.25, 0.3) is 0 Å². The summed E-state index contributed by atoms with van der Waals surface area (Å²) in [5.74, 6) is 0.799. The van der Waals surface area contributed by atoms with Crippen molar-refractivity contribution in [1.82, 2.24) is 5.32 Å². The Morgan fingerprint density at radius 2 is 1.96 bits per heavy atom. The lowest BCUT2D eigenvalue weighted by Gasteiger charge is -2.38. The third-order valence-corrected chi connectivity index (χ3v) is 4.03. The summed E-state index contributed by atoms with van der Waals surface area (Å²) in [6.45, 7) is 4.06. The molecule has 0 spiro atoms. The number of halogens is 1. The number of amides is 1. The molecule has 3 rings (SSSR count). The third kappa shape index (κ3) is 4.20. The fourth-order valence-electron chi connectivity index (χ4n) is 3.03. The average Bonchev–Trinajstić information content (AvgIpc) is 2.48. The van der Waals surface area contributed by atoms with Crippen LogP contribution in [0.2, 0.25) is 0 Å². The number of nitrogens with two attached hydrogens (primary N) is 1. The van der Waals surface area contributed by atoms with Crippen LogP contribution in [0, 0.1) is 0 Å². The second kappa shape index (κ2) is 7.14. The zero-order chi connectivity index (χ0) is 16.4. The Kier molecular flexibility index (Phi) is 5.40. The zero-order valence-electron chi connectivity index (χ0n) is 13.9. The van der Waals surface area contributed by atoms with Gasteiger partial charge >= 0.3 is 0 Å². The normalized spacial score (nSPS) is 17.8. The van der Waals surface area contributed by atoms with Crippen molar-refractivity contribution in [1.29, 1.82) is 0 Å². The maximum absolute atomic E-state index is 12.4. The molecule has 0 aliphatic carbocycles. The highest BCUT2D eigenvalue weighted by Crippen LogP contribution is 2.40. The van der Waals surface area contributed by atoms with Crippen LogP contribution in [0.3, 0.4) is 0 Å². The van der Waals surface area contributed by atoms with Crippen LogP contribution in [0.5, 0.6) is 5.75 Å². The van der Waals surface area contributed by atoms with Crippen LogP contribution in [0.15, 0.2) is 48.5 Å².